The van der Waals surface area contributed by atoms with Gasteiger partial charge in [-0.3, -0.25) is 4.79 Å². The van der Waals surface area contributed by atoms with E-state index in [0.717, 1.165) is 6.07 Å². The van der Waals surface area contributed by atoms with Crippen LogP contribution in [0.2, 0.25) is 5.02 Å². The summed E-state index contributed by atoms with van der Waals surface area (Å²) in [7, 11) is 0. The Hall–Kier alpha value is -1.40. The second-order valence-electron chi connectivity index (χ2n) is 4.15. The second kappa shape index (κ2) is 5.77. The fraction of sp³-hybridized carbons (Fsp3) is 0.0714. The van der Waals surface area contributed by atoms with Crippen molar-refractivity contribution in [1.29, 1.82) is 0 Å². The van der Waals surface area contributed by atoms with Gasteiger partial charge in [-0.2, -0.15) is 13.2 Å². The summed E-state index contributed by atoms with van der Waals surface area (Å²) in [6.45, 7) is 0. The van der Waals surface area contributed by atoms with Crippen molar-refractivity contribution in [2.24, 2.45) is 0 Å². The summed E-state index contributed by atoms with van der Waals surface area (Å²) in [6.07, 6.45) is -4.80. The lowest BCUT2D eigenvalue weighted by Gasteiger charge is -2.09. The van der Waals surface area contributed by atoms with E-state index in [0.29, 0.717) is 21.6 Å². The zero-order valence-corrected chi connectivity index (χ0v) is 12.5. The molecule has 0 aliphatic heterocycles. The number of carbonyl (C=O) groups is 1. The van der Waals surface area contributed by atoms with E-state index in [-0.39, 0.29) is 11.1 Å². The van der Waals surface area contributed by atoms with Crippen molar-refractivity contribution < 1.29 is 22.4 Å². The van der Waals surface area contributed by atoms with Crippen LogP contribution < -0.4 is 0 Å². The molecule has 0 aliphatic carbocycles. The van der Waals surface area contributed by atoms with Crippen LogP contribution in [0.4, 0.5) is 17.6 Å². The maximum Gasteiger partial charge on any atom is 0.419 e. The molecule has 1 nitrogen and oxygen atoms in total. The van der Waals surface area contributed by atoms with E-state index >= 15 is 0 Å². The van der Waals surface area contributed by atoms with Crippen LogP contribution in [-0.2, 0) is 6.18 Å². The van der Waals surface area contributed by atoms with E-state index in [1.807, 2.05) is 0 Å². The Balaban J connectivity index is 2.43. The normalized spacial score (nSPS) is 11.5. The van der Waals surface area contributed by atoms with Gasteiger partial charge in [0, 0.05) is 20.6 Å². The number of hydrogen-bond acceptors (Lipinski definition) is 1. The number of carbonyl (C=O) groups excluding carboxylic acids is 1. The van der Waals surface area contributed by atoms with Crippen molar-refractivity contribution in [1.82, 2.24) is 0 Å². The molecule has 2 rings (SSSR count). The van der Waals surface area contributed by atoms with Crippen LogP contribution in [0, 0.1) is 5.82 Å². The fourth-order valence-corrected chi connectivity index (χ4v) is 2.58. The van der Waals surface area contributed by atoms with Crippen molar-refractivity contribution in [2.45, 2.75) is 6.18 Å². The number of rotatable bonds is 2. The SMILES string of the molecule is O=C(c1ccc(C(F)(F)F)c(F)c1)c1ccc(Cl)cc1Br. The van der Waals surface area contributed by atoms with Crippen molar-refractivity contribution in [3.8, 4) is 0 Å². The summed E-state index contributed by atoms with van der Waals surface area (Å²) in [5.74, 6) is -2.09. The molecule has 0 unspecified atom stereocenters. The molecule has 0 aromatic heterocycles. The molecule has 0 saturated carbocycles. The minimum Gasteiger partial charge on any atom is -0.289 e. The van der Waals surface area contributed by atoms with Crippen molar-refractivity contribution in [3.05, 3.63) is 68.4 Å². The zero-order chi connectivity index (χ0) is 15.8. The smallest absolute Gasteiger partial charge is 0.289 e. The van der Waals surface area contributed by atoms with Gasteiger partial charge in [0.25, 0.3) is 0 Å². The Labute approximate surface area is 130 Å². The number of ketones is 1. The summed E-state index contributed by atoms with van der Waals surface area (Å²) in [6, 6.07) is 6.40. The molecular formula is C14H6BrClF4O. The molecule has 0 fully saturated rings. The molecule has 0 heterocycles. The Bertz CT molecular complexity index is 713. The lowest BCUT2D eigenvalue weighted by Crippen LogP contribution is -2.10. The molecule has 0 saturated heterocycles. The fourth-order valence-electron chi connectivity index (χ4n) is 1.72. The first-order valence-corrected chi connectivity index (χ1v) is 6.74. The topological polar surface area (TPSA) is 17.1 Å². The minimum absolute atomic E-state index is 0.177. The molecule has 2 aromatic rings. The molecule has 0 spiro atoms. The first-order valence-electron chi connectivity index (χ1n) is 5.56. The van der Waals surface area contributed by atoms with E-state index in [1.165, 1.54) is 18.2 Å². The van der Waals surface area contributed by atoms with Gasteiger partial charge in [0.1, 0.15) is 5.82 Å². The maximum atomic E-state index is 13.5. The van der Waals surface area contributed by atoms with Crippen LogP contribution in [0.15, 0.2) is 40.9 Å². The van der Waals surface area contributed by atoms with Crippen LogP contribution in [-0.4, -0.2) is 5.78 Å². The predicted octanol–water partition coefficient (Wildman–Crippen LogP) is 5.49. The Morgan fingerprint density at radius 2 is 1.76 bits per heavy atom. The molecule has 0 N–H and O–H groups in total. The summed E-state index contributed by atoms with van der Waals surface area (Å²) in [5, 5.41) is 0.386. The Morgan fingerprint density at radius 3 is 2.29 bits per heavy atom. The summed E-state index contributed by atoms with van der Waals surface area (Å²) in [4.78, 5) is 12.2. The van der Waals surface area contributed by atoms with E-state index in [1.54, 1.807) is 0 Å². The maximum absolute atomic E-state index is 13.5. The average Bonchev–Trinajstić information content (AvgIpc) is 2.36. The van der Waals surface area contributed by atoms with E-state index in [9.17, 15) is 22.4 Å². The summed E-state index contributed by atoms with van der Waals surface area (Å²) >= 11 is 8.87. The minimum atomic E-state index is -4.80. The number of halogens is 6. The van der Waals surface area contributed by atoms with Crippen LogP contribution in [0.1, 0.15) is 21.5 Å². The first-order chi connectivity index (χ1) is 9.70. The predicted molar refractivity (Wildman–Crippen MR) is 74.0 cm³/mol. The number of hydrogen-bond donors (Lipinski definition) is 0. The molecule has 21 heavy (non-hydrogen) atoms. The van der Waals surface area contributed by atoms with E-state index < -0.39 is 23.3 Å². The highest BCUT2D eigenvalue weighted by atomic mass is 79.9. The van der Waals surface area contributed by atoms with Gasteiger partial charge in [0.2, 0.25) is 0 Å². The van der Waals surface area contributed by atoms with Gasteiger partial charge in [-0.25, -0.2) is 4.39 Å². The molecular weight excluding hydrogens is 376 g/mol. The number of alkyl halides is 3. The highest BCUT2D eigenvalue weighted by Gasteiger charge is 2.34. The van der Waals surface area contributed by atoms with Crippen LogP contribution in [0.25, 0.3) is 0 Å². The Kier molecular flexibility index (Phi) is 4.39. The largest absolute Gasteiger partial charge is 0.419 e. The van der Waals surface area contributed by atoms with Crippen molar-refractivity contribution >= 4 is 33.3 Å². The van der Waals surface area contributed by atoms with Gasteiger partial charge < -0.3 is 0 Å². The highest BCUT2D eigenvalue weighted by Crippen LogP contribution is 2.32. The first kappa shape index (κ1) is 16.0. The lowest BCUT2D eigenvalue weighted by molar-refractivity contribution is -0.140. The number of benzene rings is 2. The van der Waals surface area contributed by atoms with Gasteiger partial charge in [-0.1, -0.05) is 17.7 Å². The second-order valence-corrected chi connectivity index (χ2v) is 5.44. The van der Waals surface area contributed by atoms with Gasteiger partial charge in [-0.05, 0) is 46.3 Å². The van der Waals surface area contributed by atoms with Crippen LogP contribution in [0.5, 0.6) is 0 Å². The lowest BCUT2D eigenvalue weighted by atomic mass is 10.0. The van der Waals surface area contributed by atoms with E-state index in [2.05, 4.69) is 15.9 Å². The van der Waals surface area contributed by atoms with Crippen LogP contribution in [0.3, 0.4) is 0 Å². The van der Waals surface area contributed by atoms with Gasteiger partial charge in [-0.15, -0.1) is 0 Å². The van der Waals surface area contributed by atoms with Gasteiger partial charge in [0.05, 0.1) is 5.56 Å². The quantitative estimate of drug-likeness (QED) is 0.496. The third-order valence-electron chi connectivity index (χ3n) is 2.71. The average molecular weight is 382 g/mol. The molecule has 0 amide bonds. The third kappa shape index (κ3) is 3.44. The summed E-state index contributed by atoms with van der Waals surface area (Å²) < 4.78 is 51.3. The zero-order valence-electron chi connectivity index (χ0n) is 10.1. The molecule has 0 bridgehead atoms. The molecule has 2 aromatic carbocycles. The van der Waals surface area contributed by atoms with E-state index in [4.69, 9.17) is 11.6 Å². The molecule has 0 aliphatic rings. The monoisotopic (exact) mass is 380 g/mol. The van der Waals surface area contributed by atoms with Gasteiger partial charge >= 0.3 is 6.18 Å². The summed E-state index contributed by atoms with van der Waals surface area (Å²) in [5.41, 5.74) is -1.41. The third-order valence-corrected chi connectivity index (χ3v) is 3.60. The highest BCUT2D eigenvalue weighted by molar-refractivity contribution is 9.10. The van der Waals surface area contributed by atoms with Crippen molar-refractivity contribution in [2.75, 3.05) is 0 Å². The molecule has 110 valence electrons. The Morgan fingerprint density at radius 1 is 1.10 bits per heavy atom. The van der Waals surface area contributed by atoms with Gasteiger partial charge in [0.15, 0.2) is 5.78 Å². The standard InChI is InChI=1S/C14H6BrClF4O/c15-11-6-8(16)2-3-9(11)13(21)7-1-4-10(12(17)5-7)14(18,19)20/h1-6H. The molecule has 7 heteroatoms. The van der Waals surface area contributed by atoms with Crippen molar-refractivity contribution in [3.63, 3.8) is 0 Å². The molecule has 0 atom stereocenters. The molecule has 0 radical (unpaired) electrons. The van der Waals surface area contributed by atoms with Crippen LogP contribution >= 0.6 is 27.5 Å².